The topological polar surface area (TPSA) is 61.0 Å². The Bertz CT molecular complexity index is 734. The molecule has 1 fully saturated rings. The van der Waals surface area contributed by atoms with Crippen LogP contribution in [0, 0.1) is 6.92 Å². The van der Waals surface area contributed by atoms with Crippen LogP contribution in [0.2, 0.25) is 0 Å². The van der Waals surface area contributed by atoms with E-state index in [2.05, 4.69) is 44.6 Å². The van der Waals surface area contributed by atoms with Gasteiger partial charge in [0.15, 0.2) is 5.16 Å². The molecule has 2 aromatic heterocycles. The molecule has 0 bridgehead atoms. The van der Waals surface area contributed by atoms with Gasteiger partial charge in [-0.05, 0) is 26.8 Å². The van der Waals surface area contributed by atoms with Gasteiger partial charge in [-0.2, -0.15) is 5.10 Å². The zero-order chi connectivity index (χ0) is 18.5. The van der Waals surface area contributed by atoms with Crippen molar-refractivity contribution < 1.29 is 4.74 Å². The third-order valence-corrected chi connectivity index (χ3v) is 5.59. The van der Waals surface area contributed by atoms with Crippen molar-refractivity contribution >= 4 is 11.8 Å². The van der Waals surface area contributed by atoms with Gasteiger partial charge in [-0.1, -0.05) is 17.8 Å². The first-order chi connectivity index (χ1) is 12.6. The largest absolute Gasteiger partial charge is 0.377 e. The Labute approximate surface area is 159 Å². The fraction of sp³-hybridized carbons (Fsp3) is 0.611. The van der Waals surface area contributed by atoms with Crippen LogP contribution in [0.15, 0.2) is 24.0 Å². The van der Waals surface area contributed by atoms with Crippen LogP contribution in [0.3, 0.4) is 0 Å². The van der Waals surface area contributed by atoms with E-state index >= 15 is 0 Å². The normalized spacial score (nSPS) is 17.3. The quantitative estimate of drug-likeness (QED) is 0.495. The molecule has 1 saturated heterocycles. The van der Waals surface area contributed by atoms with Gasteiger partial charge < -0.3 is 9.30 Å². The molecule has 1 aliphatic rings. The molecule has 0 radical (unpaired) electrons. The number of rotatable bonds is 9. The number of nitrogens with zero attached hydrogens (tertiary/aromatic N) is 6. The van der Waals surface area contributed by atoms with Gasteiger partial charge in [0.25, 0.3) is 0 Å². The predicted molar refractivity (Wildman–Crippen MR) is 103 cm³/mol. The van der Waals surface area contributed by atoms with Gasteiger partial charge in [0, 0.05) is 44.3 Å². The van der Waals surface area contributed by atoms with E-state index in [9.17, 15) is 0 Å². The molecule has 1 aliphatic heterocycles. The third-order valence-electron chi connectivity index (χ3n) is 4.49. The van der Waals surface area contributed by atoms with E-state index in [1.165, 1.54) is 5.56 Å². The first-order valence-electron chi connectivity index (χ1n) is 9.02. The number of aromatic nitrogens is 5. The molecule has 2 aromatic rings. The van der Waals surface area contributed by atoms with E-state index in [-0.39, 0.29) is 0 Å². The standard InChI is InChI=1S/C18H28N6OS/c1-5-8-24-17(12-22(3)10-15-11-23(4)21-14(15)2)19-20-18(24)26-13-16-7-6-9-25-16/h5,11,16H,1,6-10,12-13H2,2-4H3. The molecule has 26 heavy (non-hydrogen) atoms. The van der Waals surface area contributed by atoms with Crippen molar-refractivity contribution in [1.29, 1.82) is 0 Å². The molecule has 1 atom stereocenters. The Kier molecular flexibility index (Phi) is 6.50. The Morgan fingerprint density at radius 1 is 1.42 bits per heavy atom. The summed E-state index contributed by atoms with van der Waals surface area (Å²) in [5.41, 5.74) is 2.30. The maximum atomic E-state index is 5.71. The van der Waals surface area contributed by atoms with Gasteiger partial charge in [0.1, 0.15) is 5.82 Å². The lowest BCUT2D eigenvalue weighted by Gasteiger charge is -2.16. The summed E-state index contributed by atoms with van der Waals surface area (Å²) in [4.78, 5) is 2.24. The molecule has 3 rings (SSSR count). The third kappa shape index (κ3) is 4.75. The SMILES string of the molecule is C=CCn1c(CN(C)Cc2cn(C)nc2C)nnc1SCC1CCCO1. The lowest BCUT2D eigenvalue weighted by atomic mass is 10.2. The van der Waals surface area contributed by atoms with E-state index in [0.717, 1.165) is 61.5 Å². The number of allylic oxidation sites excluding steroid dienone is 1. The maximum absolute atomic E-state index is 5.71. The van der Waals surface area contributed by atoms with Gasteiger partial charge in [-0.3, -0.25) is 9.58 Å². The lowest BCUT2D eigenvalue weighted by Crippen LogP contribution is -2.20. The van der Waals surface area contributed by atoms with E-state index in [0.29, 0.717) is 6.10 Å². The second kappa shape index (κ2) is 8.83. The monoisotopic (exact) mass is 376 g/mol. The second-order valence-electron chi connectivity index (χ2n) is 6.83. The van der Waals surface area contributed by atoms with Crippen molar-refractivity contribution in [2.45, 2.75) is 50.7 Å². The van der Waals surface area contributed by atoms with Crippen molar-refractivity contribution in [2.75, 3.05) is 19.4 Å². The summed E-state index contributed by atoms with van der Waals surface area (Å²) < 4.78 is 9.72. The highest BCUT2D eigenvalue weighted by atomic mass is 32.2. The Balaban J connectivity index is 1.64. The van der Waals surface area contributed by atoms with Gasteiger partial charge in [-0.25, -0.2) is 0 Å². The van der Waals surface area contributed by atoms with Crippen LogP contribution in [0.1, 0.15) is 29.9 Å². The smallest absolute Gasteiger partial charge is 0.191 e. The van der Waals surface area contributed by atoms with Crippen molar-refractivity contribution in [2.24, 2.45) is 7.05 Å². The average molecular weight is 377 g/mol. The molecule has 1 unspecified atom stereocenters. The maximum Gasteiger partial charge on any atom is 0.191 e. The number of aryl methyl sites for hydroxylation is 2. The fourth-order valence-corrected chi connectivity index (χ4v) is 4.22. The Morgan fingerprint density at radius 3 is 2.92 bits per heavy atom. The molecule has 0 aromatic carbocycles. The predicted octanol–water partition coefficient (Wildman–Crippen LogP) is 2.41. The second-order valence-corrected chi connectivity index (χ2v) is 7.82. The highest BCUT2D eigenvalue weighted by Gasteiger charge is 2.19. The van der Waals surface area contributed by atoms with Crippen LogP contribution < -0.4 is 0 Å². The zero-order valence-electron chi connectivity index (χ0n) is 15.9. The van der Waals surface area contributed by atoms with Gasteiger partial charge in [0.2, 0.25) is 0 Å². The molecule has 7 nitrogen and oxygen atoms in total. The zero-order valence-corrected chi connectivity index (χ0v) is 16.7. The van der Waals surface area contributed by atoms with Gasteiger partial charge in [0.05, 0.1) is 18.3 Å². The van der Waals surface area contributed by atoms with E-state index in [1.54, 1.807) is 11.8 Å². The minimum absolute atomic E-state index is 0.341. The molecule has 0 spiro atoms. The number of thioether (sulfide) groups is 1. The summed E-state index contributed by atoms with van der Waals surface area (Å²) >= 11 is 1.73. The number of hydrogen-bond donors (Lipinski definition) is 0. The van der Waals surface area contributed by atoms with Crippen LogP contribution in [0.25, 0.3) is 0 Å². The summed E-state index contributed by atoms with van der Waals surface area (Å²) in [6.45, 7) is 9.09. The summed E-state index contributed by atoms with van der Waals surface area (Å²) in [7, 11) is 4.05. The highest BCUT2D eigenvalue weighted by Crippen LogP contribution is 2.23. The van der Waals surface area contributed by atoms with E-state index < -0.39 is 0 Å². The van der Waals surface area contributed by atoms with E-state index in [1.807, 2.05) is 24.7 Å². The van der Waals surface area contributed by atoms with Crippen molar-refractivity contribution in [3.05, 3.63) is 35.9 Å². The Morgan fingerprint density at radius 2 is 2.27 bits per heavy atom. The summed E-state index contributed by atoms with van der Waals surface area (Å²) in [5, 5.41) is 14.2. The molecule has 142 valence electrons. The van der Waals surface area contributed by atoms with Crippen molar-refractivity contribution in [3.8, 4) is 0 Å². The van der Waals surface area contributed by atoms with Crippen LogP contribution in [0.5, 0.6) is 0 Å². The van der Waals surface area contributed by atoms with Gasteiger partial charge >= 0.3 is 0 Å². The lowest BCUT2D eigenvalue weighted by molar-refractivity contribution is 0.129. The minimum atomic E-state index is 0.341. The summed E-state index contributed by atoms with van der Waals surface area (Å²) in [5.74, 6) is 1.89. The molecule has 8 heteroatoms. The molecule has 0 amide bonds. The number of hydrogen-bond acceptors (Lipinski definition) is 6. The van der Waals surface area contributed by atoms with Gasteiger partial charge in [-0.15, -0.1) is 16.8 Å². The fourth-order valence-electron chi connectivity index (χ4n) is 3.19. The minimum Gasteiger partial charge on any atom is -0.377 e. The van der Waals surface area contributed by atoms with Crippen molar-refractivity contribution in [1.82, 2.24) is 29.4 Å². The first kappa shape index (κ1) is 19.1. The molecular formula is C18H28N6OS. The van der Waals surface area contributed by atoms with Crippen molar-refractivity contribution in [3.63, 3.8) is 0 Å². The van der Waals surface area contributed by atoms with Crippen LogP contribution in [0.4, 0.5) is 0 Å². The molecular weight excluding hydrogens is 348 g/mol. The van der Waals surface area contributed by atoms with Crippen LogP contribution in [-0.2, 0) is 31.4 Å². The summed E-state index contributed by atoms with van der Waals surface area (Å²) in [6.07, 6.45) is 6.61. The van der Waals surface area contributed by atoms with Crippen LogP contribution >= 0.6 is 11.8 Å². The highest BCUT2D eigenvalue weighted by molar-refractivity contribution is 7.99. The first-order valence-corrected chi connectivity index (χ1v) is 10.0. The molecule has 3 heterocycles. The molecule has 0 N–H and O–H groups in total. The Hall–Kier alpha value is -1.64. The van der Waals surface area contributed by atoms with E-state index in [4.69, 9.17) is 4.74 Å². The molecule has 0 saturated carbocycles. The average Bonchev–Trinajstić information content (AvgIpc) is 3.30. The number of ether oxygens (including phenoxy) is 1. The molecule has 0 aliphatic carbocycles. The summed E-state index contributed by atoms with van der Waals surface area (Å²) in [6, 6.07) is 0. The van der Waals surface area contributed by atoms with Crippen LogP contribution in [-0.4, -0.2) is 55.0 Å².